The van der Waals surface area contributed by atoms with E-state index in [1.807, 2.05) is 27.7 Å². The molecule has 0 atom stereocenters. The second-order valence-corrected chi connectivity index (χ2v) is 9.82. The molecular weight excluding hydrogens is 673 g/mol. The van der Waals surface area contributed by atoms with Gasteiger partial charge in [-0.05, 0) is 101 Å². The number of carbonyl (C=O) groups is 2. The van der Waals surface area contributed by atoms with E-state index in [-0.39, 0.29) is 92.3 Å². The monoisotopic (exact) mass is 722 g/mol. The van der Waals surface area contributed by atoms with Gasteiger partial charge in [0.1, 0.15) is 0 Å². The number of carboxylic acid groups (broad SMARTS) is 1. The molecular formula is C34H50ClF2N4NaO7. The van der Waals surface area contributed by atoms with Crippen molar-refractivity contribution in [2.45, 2.75) is 75.7 Å². The van der Waals surface area contributed by atoms with Gasteiger partial charge in [0, 0.05) is 11.4 Å². The number of hydrogen-bond donors (Lipinski definition) is 3. The fourth-order valence-corrected chi connectivity index (χ4v) is 4.35. The standard InChI is InChI=1S/C16H19FN2O3.C15H17FN2O3.3CH4.ClH.Na.H2O/c1-10-13(11(2)19-18-10)5-4-8-22-15-9-12(16(20)21-3)6-7-14(15)17;1-9-12(10(2)18-17-9)4-3-7-21-14-8-11(15(19)20)5-6-13(14)16;;;;;;/h6-7,9H,4-5,8H2,1-3H3,(H,18,19);5-6,8H,3-4,7H2,1-2H3,(H,17,18)(H,19,20);3*1H4;1H;;1H2/q;;;;;;+1;/p-1. The predicted octanol–water partition coefficient (Wildman–Crippen LogP) is 5.00. The minimum atomic E-state index is -1.11. The number of carbonyl (C=O) groups excluding carboxylic acids is 1. The van der Waals surface area contributed by atoms with Crippen molar-refractivity contribution in [1.82, 2.24) is 20.4 Å². The van der Waals surface area contributed by atoms with Gasteiger partial charge in [0.15, 0.2) is 23.1 Å². The molecule has 0 aliphatic heterocycles. The van der Waals surface area contributed by atoms with Crippen LogP contribution in [0.2, 0.25) is 0 Å². The normalized spacial score (nSPS) is 9.29. The van der Waals surface area contributed by atoms with Crippen molar-refractivity contribution < 1.29 is 72.7 Å². The zero-order valence-corrected chi connectivity index (χ0v) is 29.5. The Morgan fingerprint density at radius 1 is 0.755 bits per heavy atom. The number of aromatic amines is 2. The Morgan fingerprint density at radius 2 is 1.14 bits per heavy atom. The third kappa shape index (κ3) is 15.3. The van der Waals surface area contributed by atoms with Gasteiger partial charge < -0.3 is 24.8 Å². The number of rotatable bonds is 12. The summed E-state index contributed by atoms with van der Waals surface area (Å²) in [6.07, 6.45) is 2.99. The Hall–Kier alpha value is -3.49. The topological polar surface area (TPSA) is 169 Å². The summed E-state index contributed by atoms with van der Waals surface area (Å²) >= 11 is 0. The van der Waals surface area contributed by atoms with Crippen LogP contribution in [-0.2, 0) is 17.6 Å². The molecule has 0 aliphatic rings. The summed E-state index contributed by atoms with van der Waals surface area (Å²) < 4.78 is 42.6. The summed E-state index contributed by atoms with van der Waals surface area (Å²) in [5.41, 5.74) is 6.55. The van der Waals surface area contributed by atoms with Crippen LogP contribution >= 0.6 is 12.4 Å². The fourth-order valence-electron chi connectivity index (χ4n) is 4.35. The number of carboxylic acids is 1. The van der Waals surface area contributed by atoms with Crippen molar-refractivity contribution in [2.24, 2.45) is 0 Å². The maximum atomic E-state index is 13.7. The van der Waals surface area contributed by atoms with Gasteiger partial charge in [-0.15, -0.1) is 12.4 Å². The van der Waals surface area contributed by atoms with Gasteiger partial charge in [0.05, 0.1) is 42.8 Å². The number of benzene rings is 2. The van der Waals surface area contributed by atoms with Crippen LogP contribution in [-0.4, -0.2) is 63.2 Å². The summed E-state index contributed by atoms with van der Waals surface area (Å²) in [5.74, 6) is -2.66. The average molecular weight is 723 g/mol. The van der Waals surface area contributed by atoms with E-state index in [1.54, 1.807) is 0 Å². The van der Waals surface area contributed by atoms with Crippen molar-refractivity contribution in [2.75, 3.05) is 20.3 Å². The molecule has 0 amide bonds. The first kappa shape index (κ1) is 52.3. The average Bonchev–Trinajstić information content (AvgIpc) is 3.48. The molecule has 4 N–H and O–H groups in total. The van der Waals surface area contributed by atoms with E-state index in [2.05, 4.69) is 25.1 Å². The Morgan fingerprint density at radius 3 is 1.49 bits per heavy atom. The summed E-state index contributed by atoms with van der Waals surface area (Å²) in [5, 5.41) is 22.9. The molecule has 0 unspecified atom stereocenters. The minimum Gasteiger partial charge on any atom is -0.870 e. The molecule has 11 nitrogen and oxygen atoms in total. The molecule has 4 rings (SSSR count). The second kappa shape index (κ2) is 25.5. The summed E-state index contributed by atoms with van der Waals surface area (Å²) in [6, 6.07) is 7.44. The number of hydrogen-bond acceptors (Lipinski definition) is 8. The molecule has 0 saturated carbocycles. The van der Waals surface area contributed by atoms with Crippen LogP contribution in [0.1, 0.15) is 89.7 Å². The zero-order chi connectivity index (χ0) is 31.5. The molecule has 0 spiro atoms. The predicted molar refractivity (Wildman–Crippen MR) is 184 cm³/mol. The van der Waals surface area contributed by atoms with Crippen molar-refractivity contribution in [1.29, 1.82) is 0 Å². The fraction of sp³-hybridized carbons (Fsp3) is 0.412. The molecule has 49 heavy (non-hydrogen) atoms. The third-order valence-electron chi connectivity index (χ3n) is 6.75. The number of nitrogens with one attached hydrogen (secondary N) is 2. The molecule has 2 aromatic heterocycles. The Kier molecular flexibility index (Phi) is 27.2. The van der Waals surface area contributed by atoms with Gasteiger partial charge in [-0.3, -0.25) is 10.2 Å². The first-order valence-electron chi connectivity index (χ1n) is 13.7. The van der Waals surface area contributed by atoms with Crippen molar-refractivity contribution >= 4 is 24.3 Å². The van der Waals surface area contributed by atoms with E-state index in [0.717, 1.165) is 59.2 Å². The molecule has 2 heterocycles. The van der Waals surface area contributed by atoms with Crippen molar-refractivity contribution in [3.63, 3.8) is 0 Å². The number of nitrogens with zero attached hydrogens (tertiary/aromatic N) is 2. The van der Waals surface area contributed by atoms with Crippen LogP contribution < -0.4 is 39.0 Å². The Balaban J connectivity index is -0.000000368. The van der Waals surface area contributed by atoms with Gasteiger partial charge in [0.2, 0.25) is 0 Å². The maximum absolute atomic E-state index is 13.7. The van der Waals surface area contributed by atoms with E-state index < -0.39 is 23.6 Å². The number of aromatic carboxylic acids is 1. The summed E-state index contributed by atoms with van der Waals surface area (Å²) in [6.45, 7) is 8.45. The van der Waals surface area contributed by atoms with E-state index in [1.165, 1.54) is 37.4 Å². The first-order valence-corrected chi connectivity index (χ1v) is 13.7. The molecule has 2 aromatic carbocycles. The maximum Gasteiger partial charge on any atom is 1.00 e. The number of H-pyrrole nitrogens is 2. The quantitative estimate of drug-likeness (QED) is 0.104. The van der Waals surface area contributed by atoms with Crippen LogP contribution in [0, 0.1) is 39.3 Å². The molecule has 0 aliphatic carbocycles. The van der Waals surface area contributed by atoms with E-state index in [0.29, 0.717) is 19.6 Å². The van der Waals surface area contributed by atoms with Gasteiger partial charge in [0.25, 0.3) is 0 Å². The molecule has 270 valence electrons. The number of esters is 1. The number of aryl methyl sites for hydroxylation is 4. The van der Waals surface area contributed by atoms with Gasteiger partial charge in [-0.25, -0.2) is 18.4 Å². The molecule has 0 fully saturated rings. The second-order valence-electron chi connectivity index (χ2n) is 9.82. The van der Waals surface area contributed by atoms with E-state index in [9.17, 15) is 18.4 Å². The molecule has 4 aromatic rings. The molecule has 0 radical (unpaired) electrons. The number of aromatic nitrogens is 4. The van der Waals surface area contributed by atoms with Crippen LogP contribution in [0.3, 0.4) is 0 Å². The minimum absolute atomic E-state index is 0. The van der Waals surface area contributed by atoms with Crippen LogP contribution in [0.15, 0.2) is 36.4 Å². The smallest absolute Gasteiger partial charge is 0.870 e. The van der Waals surface area contributed by atoms with Crippen LogP contribution in [0.5, 0.6) is 11.5 Å². The van der Waals surface area contributed by atoms with Crippen LogP contribution in [0.25, 0.3) is 0 Å². The first-order chi connectivity index (χ1) is 20.5. The van der Waals surface area contributed by atoms with Crippen molar-refractivity contribution in [3.05, 3.63) is 93.1 Å². The Labute approximate surface area is 316 Å². The molecule has 0 bridgehead atoms. The van der Waals surface area contributed by atoms with Crippen molar-refractivity contribution in [3.8, 4) is 11.5 Å². The zero-order valence-electron chi connectivity index (χ0n) is 26.7. The SMILES string of the molecule is C.C.C.COC(=O)c1ccc(F)c(OCCCc2c(C)n[nH]c2C)c1.Cc1n[nH]c(C)c1CCCOc1cc(C(=O)O)ccc1F.Cl.[Na+].[OH-]. The van der Waals surface area contributed by atoms with E-state index in [4.69, 9.17) is 14.6 Å². The van der Waals surface area contributed by atoms with Gasteiger partial charge in [-0.2, -0.15) is 10.2 Å². The van der Waals surface area contributed by atoms with Crippen LogP contribution in [0.4, 0.5) is 8.78 Å². The van der Waals surface area contributed by atoms with Gasteiger partial charge >= 0.3 is 41.5 Å². The summed E-state index contributed by atoms with van der Waals surface area (Å²) in [4.78, 5) is 22.3. The third-order valence-corrected chi connectivity index (χ3v) is 6.75. The number of halogens is 3. The van der Waals surface area contributed by atoms with Gasteiger partial charge in [-0.1, -0.05) is 22.3 Å². The largest absolute Gasteiger partial charge is 1.00 e. The number of methoxy groups -OCH3 is 1. The molecule has 15 heteroatoms. The summed E-state index contributed by atoms with van der Waals surface area (Å²) in [7, 11) is 1.28. The number of ether oxygens (including phenoxy) is 3. The van der Waals surface area contributed by atoms with E-state index >= 15 is 0 Å². The Bertz CT molecular complexity index is 1530. The molecule has 0 saturated heterocycles.